The lowest BCUT2D eigenvalue weighted by atomic mass is 10.2. The molecule has 0 unspecified atom stereocenters. The number of ether oxygens (including phenoxy) is 1. The second kappa shape index (κ2) is 7.96. The molecule has 1 aromatic carbocycles. The normalized spacial score (nSPS) is 10.8. The van der Waals surface area contributed by atoms with Crippen molar-refractivity contribution in [1.82, 2.24) is 20.2 Å². The van der Waals surface area contributed by atoms with E-state index in [0.29, 0.717) is 22.5 Å². The SMILES string of the molecule is COc1ccc(C)cc1NC(=O)CSc1nnnn1CC(C)C. The highest BCUT2D eigenvalue weighted by Gasteiger charge is 2.12. The Morgan fingerprint density at radius 1 is 1.43 bits per heavy atom. The number of nitrogens with one attached hydrogen (secondary N) is 1. The van der Waals surface area contributed by atoms with Gasteiger partial charge in [0.2, 0.25) is 11.1 Å². The van der Waals surface area contributed by atoms with Gasteiger partial charge in [-0.3, -0.25) is 4.79 Å². The van der Waals surface area contributed by atoms with E-state index < -0.39 is 0 Å². The van der Waals surface area contributed by atoms with Crippen LogP contribution >= 0.6 is 11.8 Å². The van der Waals surface area contributed by atoms with Crippen LogP contribution in [-0.4, -0.2) is 39.0 Å². The van der Waals surface area contributed by atoms with Gasteiger partial charge >= 0.3 is 0 Å². The van der Waals surface area contributed by atoms with Gasteiger partial charge in [-0.05, 0) is 41.0 Å². The number of amides is 1. The average Bonchev–Trinajstić information content (AvgIpc) is 2.92. The largest absolute Gasteiger partial charge is 0.495 e. The predicted octanol–water partition coefficient (Wildman–Crippen LogP) is 2.38. The molecule has 0 radical (unpaired) electrons. The van der Waals surface area contributed by atoms with Gasteiger partial charge in [0.15, 0.2) is 0 Å². The Morgan fingerprint density at radius 2 is 2.22 bits per heavy atom. The first-order chi connectivity index (χ1) is 11.0. The van der Waals surface area contributed by atoms with Crippen molar-refractivity contribution in [2.24, 2.45) is 5.92 Å². The van der Waals surface area contributed by atoms with Gasteiger partial charge in [-0.25, -0.2) is 4.68 Å². The summed E-state index contributed by atoms with van der Waals surface area (Å²) in [6.07, 6.45) is 0. The summed E-state index contributed by atoms with van der Waals surface area (Å²) in [6.45, 7) is 6.87. The minimum atomic E-state index is -0.127. The quantitative estimate of drug-likeness (QED) is 0.782. The lowest BCUT2D eigenvalue weighted by molar-refractivity contribution is -0.113. The topological polar surface area (TPSA) is 81.9 Å². The molecular weight excluding hydrogens is 314 g/mol. The number of aromatic nitrogens is 4. The Labute approximate surface area is 139 Å². The van der Waals surface area contributed by atoms with Gasteiger partial charge in [-0.2, -0.15) is 0 Å². The Balaban J connectivity index is 1.96. The molecule has 0 spiro atoms. The molecule has 0 saturated carbocycles. The third-order valence-corrected chi connectivity index (χ3v) is 3.96. The number of carbonyl (C=O) groups excluding carboxylic acids is 1. The summed E-state index contributed by atoms with van der Waals surface area (Å²) >= 11 is 1.31. The number of tetrazole rings is 1. The highest BCUT2D eigenvalue weighted by Crippen LogP contribution is 2.25. The van der Waals surface area contributed by atoms with E-state index in [1.54, 1.807) is 11.8 Å². The second-order valence-electron chi connectivity index (χ2n) is 5.58. The zero-order valence-corrected chi connectivity index (χ0v) is 14.6. The molecule has 7 nitrogen and oxygen atoms in total. The standard InChI is InChI=1S/C15H21N5O2S/c1-10(2)8-20-15(17-18-19-20)23-9-14(21)16-12-7-11(3)5-6-13(12)22-4/h5-7,10H,8-9H2,1-4H3,(H,16,21). The molecule has 0 aliphatic heterocycles. The van der Waals surface area contributed by atoms with Crippen molar-refractivity contribution < 1.29 is 9.53 Å². The van der Waals surface area contributed by atoms with Crippen LogP contribution in [0.1, 0.15) is 19.4 Å². The van der Waals surface area contributed by atoms with Gasteiger partial charge in [-0.15, -0.1) is 5.10 Å². The van der Waals surface area contributed by atoms with Crippen molar-refractivity contribution in [3.8, 4) is 5.75 Å². The Morgan fingerprint density at radius 3 is 2.91 bits per heavy atom. The van der Waals surface area contributed by atoms with E-state index in [1.165, 1.54) is 11.8 Å². The lowest BCUT2D eigenvalue weighted by Crippen LogP contribution is -2.16. The lowest BCUT2D eigenvalue weighted by Gasteiger charge is -2.11. The maximum absolute atomic E-state index is 12.2. The van der Waals surface area contributed by atoms with E-state index in [1.807, 2.05) is 25.1 Å². The van der Waals surface area contributed by atoms with Crippen molar-refractivity contribution in [2.45, 2.75) is 32.5 Å². The van der Waals surface area contributed by atoms with E-state index in [2.05, 4.69) is 34.7 Å². The zero-order valence-electron chi connectivity index (χ0n) is 13.7. The molecule has 124 valence electrons. The molecule has 0 saturated heterocycles. The van der Waals surface area contributed by atoms with Crippen LogP contribution in [0, 0.1) is 12.8 Å². The van der Waals surface area contributed by atoms with Gasteiger partial charge in [0.1, 0.15) is 5.75 Å². The van der Waals surface area contributed by atoms with Crippen molar-refractivity contribution in [2.75, 3.05) is 18.2 Å². The van der Waals surface area contributed by atoms with Crippen LogP contribution in [-0.2, 0) is 11.3 Å². The van der Waals surface area contributed by atoms with Gasteiger partial charge < -0.3 is 10.1 Å². The molecule has 2 rings (SSSR count). The monoisotopic (exact) mass is 335 g/mol. The molecule has 0 aliphatic carbocycles. The number of methoxy groups -OCH3 is 1. The number of hydrogen-bond donors (Lipinski definition) is 1. The summed E-state index contributed by atoms with van der Waals surface area (Å²) in [5.74, 6) is 1.18. The third-order valence-electron chi connectivity index (χ3n) is 3.00. The molecule has 2 aromatic rings. The maximum Gasteiger partial charge on any atom is 0.234 e. The summed E-state index contributed by atoms with van der Waals surface area (Å²) < 4.78 is 6.97. The minimum absolute atomic E-state index is 0.127. The number of carbonyl (C=O) groups is 1. The highest BCUT2D eigenvalue weighted by molar-refractivity contribution is 7.99. The number of thioether (sulfide) groups is 1. The van der Waals surface area contributed by atoms with Crippen LogP contribution in [0.25, 0.3) is 0 Å². The van der Waals surface area contributed by atoms with Crippen molar-refractivity contribution in [3.63, 3.8) is 0 Å². The highest BCUT2D eigenvalue weighted by atomic mass is 32.2. The molecule has 1 aromatic heterocycles. The molecule has 1 N–H and O–H groups in total. The minimum Gasteiger partial charge on any atom is -0.495 e. The molecule has 1 heterocycles. The van der Waals surface area contributed by atoms with E-state index in [4.69, 9.17) is 4.74 Å². The molecule has 0 aliphatic rings. The molecule has 0 bridgehead atoms. The third kappa shape index (κ3) is 4.95. The number of benzene rings is 1. The molecule has 0 atom stereocenters. The number of nitrogens with zero attached hydrogens (tertiary/aromatic N) is 4. The van der Waals surface area contributed by atoms with E-state index in [9.17, 15) is 4.79 Å². The number of hydrogen-bond acceptors (Lipinski definition) is 6. The van der Waals surface area contributed by atoms with Crippen LogP contribution in [0.5, 0.6) is 5.75 Å². The predicted molar refractivity (Wildman–Crippen MR) is 89.7 cm³/mol. The number of aryl methyl sites for hydroxylation is 1. The molecule has 1 amide bonds. The fraction of sp³-hybridized carbons (Fsp3) is 0.467. The summed E-state index contributed by atoms with van der Waals surface area (Å²) in [7, 11) is 1.58. The van der Waals surface area contributed by atoms with Crippen molar-refractivity contribution in [1.29, 1.82) is 0 Å². The molecule has 8 heteroatoms. The van der Waals surface area contributed by atoms with E-state index >= 15 is 0 Å². The van der Waals surface area contributed by atoms with Crippen LogP contribution in [0.2, 0.25) is 0 Å². The average molecular weight is 335 g/mol. The van der Waals surface area contributed by atoms with Crippen LogP contribution < -0.4 is 10.1 Å². The van der Waals surface area contributed by atoms with Gasteiger partial charge in [0.05, 0.1) is 18.6 Å². The molecule has 23 heavy (non-hydrogen) atoms. The number of rotatable bonds is 7. The van der Waals surface area contributed by atoms with Gasteiger partial charge in [0.25, 0.3) is 0 Å². The molecule has 0 fully saturated rings. The van der Waals surface area contributed by atoms with Gasteiger partial charge in [0, 0.05) is 6.54 Å². The first-order valence-electron chi connectivity index (χ1n) is 7.33. The van der Waals surface area contributed by atoms with Crippen molar-refractivity contribution in [3.05, 3.63) is 23.8 Å². The van der Waals surface area contributed by atoms with Crippen LogP contribution in [0.15, 0.2) is 23.4 Å². The van der Waals surface area contributed by atoms with Crippen LogP contribution in [0.4, 0.5) is 5.69 Å². The summed E-state index contributed by atoms with van der Waals surface area (Å²) in [4.78, 5) is 12.2. The smallest absolute Gasteiger partial charge is 0.234 e. The fourth-order valence-corrected chi connectivity index (χ4v) is 2.68. The Hall–Kier alpha value is -2.09. The Bertz CT molecular complexity index is 672. The Kier molecular flexibility index (Phi) is 5.97. The first-order valence-corrected chi connectivity index (χ1v) is 8.31. The summed E-state index contributed by atoms with van der Waals surface area (Å²) in [5, 5.41) is 15.1. The number of anilines is 1. The molecular formula is C15H21N5O2S. The maximum atomic E-state index is 12.2. The summed E-state index contributed by atoms with van der Waals surface area (Å²) in [6, 6.07) is 5.65. The fourth-order valence-electron chi connectivity index (χ4n) is 2.00. The summed E-state index contributed by atoms with van der Waals surface area (Å²) in [5.41, 5.74) is 1.72. The van der Waals surface area contributed by atoms with Gasteiger partial charge in [-0.1, -0.05) is 31.7 Å². The second-order valence-corrected chi connectivity index (χ2v) is 6.52. The van der Waals surface area contributed by atoms with E-state index in [-0.39, 0.29) is 11.7 Å². The van der Waals surface area contributed by atoms with E-state index in [0.717, 1.165) is 12.1 Å². The first kappa shape index (κ1) is 17.3. The zero-order chi connectivity index (χ0) is 16.8. The van der Waals surface area contributed by atoms with Crippen LogP contribution in [0.3, 0.4) is 0 Å². The van der Waals surface area contributed by atoms with Crippen molar-refractivity contribution >= 4 is 23.4 Å².